The van der Waals surface area contributed by atoms with E-state index in [0.717, 1.165) is 50.9 Å². The third-order valence-electron chi connectivity index (χ3n) is 8.34. The largest absolute Gasteiger partial charge is 4.00 e. The number of rotatable bonds is 8. The third kappa shape index (κ3) is 5.98. The Kier molecular flexibility index (Phi) is 9.23. The first-order valence-corrected chi connectivity index (χ1v) is 13.8. The number of nitrogens with zero attached hydrogens (tertiary/aromatic N) is 4. The van der Waals surface area contributed by atoms with Crippen LogP contribution in [-0.2, 0) is 50.7 Å². The van der Waals surface area contributed by atoms with Gasteiger partial charge in [-0.25, -0.2) is 0 Å². The Morgan fingerprint density at radius 3 is 2.14 bits per heavy atom. The molecule has 0 aromatic carbocycles. The van der Waals surface area contributed by atoms with E-state index in [4.69, 9.17) is 20.3 Å². The van der Waals surface area contributed by atoms with Crippen LogP contribution in [0.1, 0.15) is 75.9 Å². The molecule has 2 aliphatic rings. The predicted octanol–water partition coefficient (Wildman–Crippen LogP) is 2.98. The summed E-state index contributed by atoms with van der Waals surface area (Å²) in [7, 11) is 0. The van der Waals surface area contributed by atoms with E-state index in [2.05, 4.69) is 6.58 Å². The van der Waals surface area contributed by atoms with Gasteiger partial charge in [0.25, 0.3) is 0 Å². The standard InChI is InChI=1S/C33H32N4O5.Fe/c1-6-20-16(2)26-13-31-23(15-38)19(5)25(37-31)11-24-17(3)21(7-9-32(39)40)29(35-24)14-30-22(8-10-33(41)42)18(4)27(36-30)12-28(20)34-26;/h6,12-15,25H,1,7-11H2,2-5H3,(H,39,40)(H,41,42);/q-4;+4/b27-12-,30-14-,31-13-;. The van der Waals surface area contributed by atoms with Crippen LogP contribution in [0.5, 0.6) is 0 Å². The molecule has 0 aliphatic carbocycles. The molecular weight excluding hydrogens is 588 g/mol. The molecule has 3 aromatic rings. The normalized spacial score (nSPS) is 18.3. The maximum absolute atomic E-state index is 12.2. The van der Waals surface area contributed by atoms with Gasteiger partial charge < -0.3 is 30.5 Å². The van der Waals surface area contributed by atoms with Crippen LogP contribution < -0.4 is 25.7 Å². The van der Waals surface area contributed by atoms with Gasteiger partial charge in [0.2, 0.25) is 0 Å². The van der Waals surface area contributed by atoms with Crippen LogP contribution in [0.4, 0.5) is 0 Å². The molecule has 0 fully saturated rings. The minimum absolute atomic E-state index is 0. The SMILES string of the molecule is C=Cc1c2[n-]c(c1C)/C=C1\[N-]C(Cc3[n-]c(c(CCC(=O)O)c3C)/C=c3\[n-]/c(c(C)c3CCC(=O)O)=C\2)C(C)=C1C=O.[Fe+4]. The molecule has 1 atom stereocenters. The van der Waals surface area contributed by atoms with E-state index in [-0.39, 0.29) is 48.8 Å². The summed E-state index contributed by atoms with van der Waals surface area (Å²) in [5.41, 5.74) is 9.72. The van der Waals surface area contributed by atoms with Gasteiger partial charge in [0.1, 0.15) is 6.29 Å². The van der Waals surface area contributed by atoms with Crippen LogP contribution in [0.3, 0.4) is 0 Å². The number of carboxylic acids is 2. The number of hydrogen-bond acceptors (Lipinski definition) is 3. The van der Waals surface area contributed by atoms with E-state index >= 15 is 0 Å². The van der Waals surface area contributed by atoms with Gasteiger partial charge in [-0.3, -0.25) is 14.4 Å². The molecule has 0 spiro atoms. The van der Waals surface area contributed by atoms with Crippen molar-refractivity contribution in [2.45, 2.75) is 65.8 Å². The first-order chi connectivity index (χ1) is 20.0. The average molecular weight is 620 g/mol. The maximum atomic E-state index is 12.2. The molecule has 2 N–H and O–H groups in total. The molecule has 222 valence electrons. The van der Waals surface area contributed by atoms with Gasteiger partial charge in [0.15, 0.2) is 0 Å². The van der Waals surface area contributed by atoms with E-state index in [0.29, 0.717) is 45.5 Å². The van der Waals surface area contributed by atoms with Crippen molar-refractivity contribution in [1.29, 1.82) is 0 Å². The number of aromatic nitrogens is 3. The van der Waals surface area contributed by atoms with Gasteiger partial charge in [-0.2, -0.15) is 5.69 Å². The van der Waals surface area contributed by atoms with Crippen molar-refractivity contribution in [3.05, 3.63) is 95.6 Å². The van der Waals surface area contributed by atoms with Crippen LogP contribution in [0.15, 0.2) is 23.4 Å². The van der Waals surface area contributed by atoms with Crippen LogP contribution in [0, 0.1) is 20.8 Å². The summed E-state index contributed by atoms with van der Waals surface area (Å²) in [6, 6.07) is -0.310. The minimum Gasteiger partial charge on any atom is -0.678 e. The van der Waals surface area contributed by atoms with Crippen molar-refractivity contribution < 1.29 is 41.7 Å². The molecule has 0 radical (unpaired) electrons. The second-order valence-electron chi connectivity index (χ2n) is 10.8. The van der Waals surface area contributed by atoms with E-state index < -0.39 is 11.9 Å². The van der Waals surface area contributed by atoms with Crippen LogP contribution >= 0.6 is 0 Å². The Bertz CT molecular complexity index is 1830. The molecule has 43 heavy (non-hydrogen) atoms. The van der Waals surface area contributed by atoms with E-state index in [1.54, 1.807) is 6.08 Å². The summed E-state index contributed by atoms with van der Waals surface area (Å²) in [5, 5.41) is 25.0. The van der Waals surface area contributed by atoms with E-state index in [9.17, 15) is 24.6 Å². The van der Waals surface area contributed by atoms with Crippen molar-refractivity contribution in [2.75, 3.05) is 0 Å². The number of carbonyl (C=O) groups is 3. The number of carbonyl (C=O) groups excluding carboxylic acids is 1. The number of aliphatic carboxylic acids is 2. The van der Waals surface area contributed by atoms with Gasteiger partial charge >= 0.3 is 29.0 Å². The summed E-state index contributed by atoms with van der Waals surface area (Å²) in [6.45, 7) is 11.7. The molecular formula is C33H32FeN4O5. The zero-order chi connectivity index (χ0) is 30.3. The fourth-order valence-corrected chi connectivity index (χ4v) is 5.83. The van der Waals surface area contributed by atoms with Crippen molar-refractivity contribution in [1.82, 2.24) is 15.0 Å². The summed E-state index contributed by atoms with van der Waals surface area (Å²) in [5.74, 6) is -1.82. The second kappa shape index (κ2) is 12.5. The number of allylic oxidation sites excluding steroid dienone is 1. The number of aldehydes is 1. The van der Waals surface area contributed by atoms with Crippen molar-refractivity contribution in [2.24, 2.45) is 0 Å². The molecule has 0 saturated heterocycles. The Balaban J connectivity index is 0.00000423. The molecule has 1 unspecified atom stereocenters. The maximum Gasteiger partial charge on any atom is 4.00 e. The van der Waals surface area contributed by atoms with Crippen molar-refractivity contribution in [3.63, 3.8) is 0 Å². The van der Waals surface area contributed by atoms with E-state index in [1.807, 2.05) is 45.9 Å². The number of hydrogen-bond donors (Lipinski definition) is 2. The Morgan fingerprint density at radius 2 is 1.51 bits per heavy atom. The van der Waals surface area contributed by atoms with Crippen LogP contribution in [0.2, 0.25) is 0 Å². The summed E-state index contributed by atoms with van der Waals surface area (Å²) < 4.78 is 0. The van der Waals surface area contributed by atoms with Gasteiger partial charge in [0.05, 0.1) is 0 Å². The van der Waals surface area contributed by atoms with Gasteiger partial charge in [0, 0.05) is 12.8 Å². The molecule has 3 aromatic heterocycles. The van der Waals surface area contributed by atoms with Gasteiger partial charge in [-0.15, -0.1) is 33.5 Å². The first-order valence-electron chi connectivity index (χ1n) is 13.8. The van der Waals surface area contributed by atoms with Crippen molar-refractivity contribution in [3.8, 4) is 0 Å². The number of fused-ring (bicyclic) bond motifs is 8. The molecule has 9 nitrogen and oxygen atoms in total. The predicted molar refractivity (Wildman–Crippen MR) is 159 cm³/mol. The van der Waals surface area contributed by atoms with Crippen molar-refractivity contribution >= 4 is 42.5 Å². The molecule has 8 bridgehead atoms. The summed E-state index contributed by atoms with van der Waals surface area (Å²) in [6.07, 6.45) is 8.99. The smallest absolute Gasteiger partial charge is 0.678 e. The summed E-state index contributed by atoms with van der Waals surface area (Å²) in [4.78, 5) is 49.9. The Hall–Kier alpha value is -4.27. The molecule has 0 amide bonds. The quantitative estimate of drug-likeness (QED) is 0.289. The number of carboxylic acid groups (broad SMARTS) is 2. The second-order valence-corrected chi connectivity index (χ2v) is 10.8. The minimum atomic E-state index is -0.910. The fourth-order valence-electron chi connectivity index (χ4n) is 5.83. The molecule has 0 saturated carbocycles. The van der Waals surface area contributed by atoms with Gasteiger partial charge in [-0.05, 0) is 51.7 Å². The van der Waals surface area contributed by atoms with Crippen LogP contribution in [0.25, 0.3) is 29.6 Å². The van der Waals surface area contributed by atoms with Crippen LogP contribution in [-0.4, -0.2) is 34.5 Å². The Labute approximate surface area is 260 Å². The van der Waals surface area contributed by atoms with Gasteiger partial charge in [-0.1, -0.05) is 76.7 Å². The summed E-state index contributed by atoms with van der Waals surface area (Å²) >= 11 is 0. The zero-order valence-electron chi connectivity index (χ0n) is 24.5. The molecule has 5 rings (SSSR count). The fraction of sp³-hybridized carbons (Fsp3) is 0.303. The molecule has 2 aliphatic heterocycles. The topological polar surface area (TPSA) is 148 Å². The monoisotopic (exact) mass is 620 g/mol. The Morgan fingerprint density at radius 1 is 0.860 bits per heavy atom. The zero-order valence-corrected chi connectivity index (χ0v) is 25.6. The average Bonchev–Trinajstić information content (AvgIpc) is 3.59. The van der Waals surface area contributed by atoms with E-state index in [1.165, 1.54) is 0 Å². The molecule has 5 heterocycles. The molecule has 10 heteroatoms. The first kappa shape index (κ1) is 31.7. The third-order valence-corrected chi connectivity index (χ3v) is 8.34.